The largest absolute Gasteiger partial charge is 0.325 e. The van der Waals surface area contributed by atoms with Gasteiger partial charge in [0, 0.05) is 5.69 Å². The van der Waals surface area contributed by atoms with E-state index < -0.39 is 15.3 Å². The Bertz CT molecular complexity index is 1100. The van der Waals surface area contributed by atoms with E-state index in [0.717, 1.165) is 11.4 Å². The normalized spacial score (nSPS) is 12.5. The minimum absolute atomic E-state index is 0.0117. The highest BCUT2D eigenvalue weighted by molar-refractivity contribution is 8.00. The van der Waals surface area contributed by atoms with E-state index in [1.165, 1.54) is 36.0 Å². The SMILES string of the molecule is Cc1nnc(S[C@@H](C)C(=O)Nc2ccc(S(N)(=O)=O)cc2)n1Cc1ccccc1. The van der Waals surface area contributed by atoms with Crippen LogP contribution in [0.5, 0.6) is 0 Å². The van der Waals surface area contributed by atoms with E-state index in [2.05, 4.69) is 15.5 Å². The summed E-state index contributed by atoms with van der Waals surface area (Å²) >= 11 is 1.31. The lowest BCUT2D eigenvalue weighted by atomic mass is 10.2. The second-order valence-corrected chi connectivity index (χ2v) is 9.29. The van der Waals surface area contributed by atoms with Crippen molar-refractivity contribution in [3.8, 4) is 0 Å². The highest BCUT2D eigenvalue weighted by Crippen LogP contribution is 2.24. The zero-order chi connectivity index (χ0) is 21.0. The van der Waals surface area contributed by atoms with Crippen molar-refractivity contribution < 1.29 is 13.2 Å². The van der Waals surface area contributed by atoms with Gasteiger partial charge in [-0.2, -0.15) is 0 Å². The van der Waals surface area contributed by atoms with Crippen molar-refractivity contribution in [3.63, 3.8) is 0 Å². The number of aryl methyl sites for hydroxylation is 1. The van der Waals surface area contributed by atoms with Crippen LogP contribution in [0.3, 0.4) is 0 Å². The fourth-order valence-corrected chi connectivity index (χ4v) is 3.99. The van der Waals surface area contributed by atoms with Gasteiger partial charge in [-0.05, 0) is 43.7 Å². The van der Waals surface area contributed by atoms with E-state index in [1.807, 2.05) is 41.8 Å². The third kappa shape index (κ3) is 5.43. The van der Waals surface area contributed by atoms with Gasteiger partial charge in [0.05, 0.1) is 16.7 Å². The number of nitrogens with zero attached hydrogens (tertiary/aromatic N) is 3. The number of rotatable bonds is 7. The zero-order valence-electron chi connectivity index (χ0n) is 15.9. The molecule has 1 atom stereocenters. The van der Waals surface area contributed by atoms with Crippen molar-refractivity contribution in [1.29, 1.82) is 0 Å². The third-order valence-electron chi connectivity index (χ3n) is 4.19. The molecule has 0 saturated carbocycles. The topological polar surface area (TPSA) is 120 Å². The number of anilines is 1. The monoisotopic (exact) mass is 431 g/mol. The van der Waals surface area contributed by atoms with Gasteiger partial charge in [0.25, 0.3) is 0 Å². The maximum Gasteiger partial charge on any atom is 0.238 e. The number of amides is 1. The Kier molecular flexibility index (Phi) is 6.36. The Hall–Kier alpha value is -2.69. The van der Waals surface area contributed by atoms with Gasteiger partial charge in [0.2, 0.25) is 15.9 Å². The van der Waals surface area contributed by atoms with E-state index in [1.54, 1.807) is 6.92 Å². The van der Waals surface area contributed by atoms with Crippen molar-refractivity contribution in [3.05, 3.63) is 66.0 Å². The first-order valence-corrected chi connectivity index (χ1v) is 11.2. The molecule has 1 amide bonds. The summed E-state index contributed by atoms with van der Waals surface area (Å²) in [6.45, 7) is 4.26. The lowest BCUT2D eigenvalue weighted by Gasteiger charge is -2.13. The number of aromatic nitrogens is 3. The molecule has 10 heteroatoms. The number of hydrogen-bond acceptors (Lipinski definition) is 6. The summed E-state index contributed by atoms with van der Waals surface area (Å²) in [5.74, 6) is 0.535. The highest BCUT2D eigenvalue weighted by atomic mass is 32.2. The van der Waals surface area contributed by atoms with Crippen LogP contribution >= 0.6 is 11.8 Å². The van der Waals surface area contributed by atoms with Gasteiger partial charge in [-0.1, -0.05) is 42.1 Å². The Labute approximate surface area is 173 Å². The van der Waals surface area contributed by atoms with Crippen LogP contribution in [0.15, 0.2) is 64.6 Å². The minimum Gasteiger partial charge on any atom is -0.325 e. The number of nitrogens with one attached hydrogen (secondary N) is 1. The molecule has 8 nitrogen and oxygen atoms in total. The average molecular weight is 432 g/mol. The van der Waals surface area contributed by atoms with Gasteiger partial charge in [-0.25, -0.2) is 13.6 Å². The summed E-state index contributed by atoms with van der Waals surface area (Å²) in [7, 11) is -3.77. The van der Waals surface area contributed by atoms with Crippen LogP contribution in [0.4, 0.5) is 5.69 Å². The summed E-state index contributed by atoms with van der Waals surface area (Å²) < 4.78 is 24.6. The van der Waals surface area contributed by atoms with E-state index in [9.17, 15) is 13.2 Å². The molecule has 0 aliphatic heterocycles. The number of carbonyl (C=O) groups is 1. The van der Waals surface area contributed by atoms with Crippen molar-refractivity contribution in [1.82, 2.24) is 14.8 Å². The number of benzene rings is 2. The van der Waals surface area contributed by atoms with Crippen LogP contribution < -0.4 is 10.5 Å². The molecule has 0 radical (unpaired) electrons. The Morgan fingerprint density at radius 1 is 1.14 bits per heavy atom. The molecule has 29 heavy (non-hydrogen) atoms. The smallest absolute Gasteiger partial charge is 0.238 e. The molecule has 0 spiro atoms. The maximum absolute atomic E-state index is 12.5. The molecule has 0 unspecified atom stereocenters. The molecule has 0 aliphatic carbocycles. The van der Waals surface area contributed by atoms with E-state index in [0.29, 0.717) is 17.4 Å². The summed E-state index contributed by atoms with van der Waals surface area (Å²) in [6, 6.07) is 15.6. The molecular weight excluding hydrogens is 410 g/mol. The lowest BCUT2D eigenvalue weighted by molar-refractivity contribution is -0.115. The molecule has 3 N–H and O–H groups in total. The number of thioether (sulfide) groups is 1. The molecule has 0 aliphatic rings. The lowest BCUT2D eigenvalue weighted by Crippen LogP contribution is -2.23. The predicted octanol–water partition coefficient (Wildman–Crippen LogP) is 2.40. The molecule has 3 aromatic rings. The molecule has 1 heterocycles. The second-order valence-electron chi connectivity index (χ2n) is 6.42. The molecule has 0 bridgehead atoms. The fraction of sp³-hybridized carbons (Fsp3) is 0.211. The van der Waals surface area contributed by atoms with Crippen molar-refractivity contribution in [2.45, 2.75) is 35.7 Å². The van der Waals surface area contributed by atoms with Crippen molar-refractivity contribution in [2.75, 3.05) is 5.32 Å². The highest BCUT2D eigenvalue weighted by Gasteiger charge is 2.20. The zero-order valence-corrected chi connectivity index (χ0v) is 17.6. The van der Waals surface area contributed by atoms with Crippen LogP contribution in [-0.2, 0) is 21.4 Å². The van der Waals surface area contributed by atoms with Crippen molar-refractivity contribution in [2.24, 2.45) is 5.14 Å². The molecule has 2 aromatic carbocycles. The maximum atomic E-state index is 12.5. The Balaban J connectivity index is 1.67. The minimum atomic E-state index is -3.77. The molecular formula is C19H21N5O3S2. The van der Waals surface area contributed by atoms with Gasteiger partial charge in [0.1, 0.15) is 5.82 Å². The summed E-state index contributed by atoms with van der Waals surface area (Å²) in [5, 5.41) is 16.4. The Morgan fingerprint density at radius 2 is 1.79 bits per heavy atom. The molecule has 0 fully saturated rings. The predicted molar refractivity (Wildman–Crippen MR) is 112 cm³/mol. The quantitative estimate of drug-likeness (QED) is 0.554. The third-order valence-corrected chi connectivity index (χ3v) is 6.20. The van der Waals surface area contributed by atoms with Crippen LogP contribution in [0.25, 0.3) is 0 Å². The first-order valence-electron chi connectivity index (χ1n) is 8.78. The molecule has 3 rings (SSSR count). The number of nitrogens with two attached hydrogens (primary N) is 1. The Morgan fingerprint density at radius 3 is 2.41 bits per heavy atom. The number of carbonyl (C=O) groups excluding carboxylic acids is 1. The standard InChI is InChI=1S/C19H21N5O3S2/c1-13(18(25)21-16-8-10-17(11-9-16)29(20,26)27)28-19-23-22-14(2)24(19)12-15-6-4-3-5-7-15/h3-11,13H,12H2,1-2H3,(H,21,25)(H2,20,26,27)/t13-/m0/s1. The van der Waals surface area contributed by atoms with E-state index in [4.69, 9.17) is 5.14 Å². The summed E-state index contributed by atoms with van der Waals surface area (Å²) in [4.78, 5) is 12.5. The second kappa shape index (κ2) is 8.76. The van der Waals surface area contributed by atoms with Crippen LogP contribution in [-0.4, -0.2) is 34.3 Å². The van der Waals surface area contributed by atoms with Gasteiger partial charge in [0.15, 0.2) is 5.16 Å². The van der Waals surface area contributed by atoms with Crippen molar-refractivity contribution >= 4 is 33.4 Å². The van der Waals surface area contributed by atoms with Gasteiger partial charge in [-0.3, -0.25) is 4.79 Å². The summed E-state index contributed by atoms with van der Waals surface area (Å²) in [5.41, 5.74) is 1.60. The van der Waals surface area contributed by atoms with Gasteiger partial charge in [-0.15, -0.1) is 10.2 Å². The number of primary sulfonamides is 1. The van der Waals surface area contributed by atoms with Gasteiger partial charge < -0.3 is 9.88 Å². The summed E-state index contributed by atoms with van der Waals surface area (Å²) in [6.07, 6.45) is 0. The first-order chi connectivity index (χ1) is 13.7. The average Bonchev–Trinajstić information content (AvgIpc) is 3.02. The first kappa shape index (κ1) is 21.0. The van der Waals surface area contributed by atoms with E-state index >= 15 is 0 Å². The van der Waals surface area contributed by atoms with Crippen LogP contribution in [0.1, 0.15) is 18.3 Å². The van der Waals surface area contributed by atoms with Gasteiger partial charge >= 0.3 is 0 Å². The number of sulfonamides is 1. The molecule has 0 saturated heterocycles. The molecule has 1 aromatic heterocycles. The van der Waals surface area contributed by atoms with E-state index in [-0.39, 0.29) is 10.8 Å². The number of hydrogen-bond donors (Lipinski definition) is 2. The van der Waals surface area contributed by atoms with Crippen LogP contribution in [0.2, 0.25) is 0 Å². The molecule has 152 valence electrons. The van der Waals surface area contributed by atoms with Crippen LogP contribution in [0, 0.1) is 6.92 Å². The fourth-order valence-electron chi connectivity index (χ4n) is 2.58.